The van der Waals surface area contributed by atoms with Crippen LogP contribution in [-0.4, -0.2) is 23.2 Å². The molecule has 24 heavy (non-hydrogen) atoms. The van der Waals surface area contributed by atoms with Crippen LogP contribution in [0.25, 0.3) is 11.5 Å². The lowest BCUT2D eigenvalue weighted by Crippen LogP contribution is -2.12. The summed E-state index contributed by atoms with van der Waals surface area (Å²) in [5, 5.41) is 9.66. The molecule has 8 heteroatoms. The number of nitrogens with one attached hydrogen (secondary N) is 1. The Hall–Kier alpha value is -3.29. The topological polar surface area (TPSA) is 77.2 Å². The predicted octanol–water partition coefficient (Wildman–Crippen LogP) is 3.28. The number of methoxy groups -OCH3 is 1. The average Bonchev–Trinajstić information content (AvgIpc) is 3.03. The van der Waals surface area contributed by atoms with E-state index in [0.29, 0.717) is 17.4 Å². The van der Waals surface area contributed by atoms with E-state index in [0.717, 1.165) is 6.07 Å². The molecule has 2 aromatic carbocycles. The van der Waals surface area contributed by atoms with Gasteiger partial charge in [0.2, 0.25) is 0 Å². The van der Waals surface area contributed by atoms with E-state index in [1.807, 2.05) is 0 Å². The molecule has 1 aromatic heterocycles. The van der Waals surface area contributed by atoms with Crippen molar-refractivity contribution >= 4 is 11.9 Å². The van der Waals surface area contributed by atoms with Crippen molar-refractivity contribution in [3.8, 4) is 17.2 Å². The first kappa shape index (κ1) is 15.6. The second-order valence-corrected chi connectivity index (χ2v) is 4.72. The number of ether oxygens (including phenoxy) is 1. The van der Waals surface area contributed by atoms with Gasteiger partial charge in [-0.05, 0) is 30.3 Å². The minimum atomic E-state index is -0.843. The Kier molecular flexibility index (Phi) is 4.19. The van der Waals surface area contributed by atoms with Gasteiger partial charge in [0.15, 0.2) is 0 Å². The number of aromatic nitrogens is 2. The molecule has 1 amide bonds. The summed E-state index contributed by atoms with van der Waals surface area (Å²) in [7, 11) is 1.48. The van der Waals surface area contributed by atoms with Crippen molar-refractivity contribution in [3.63, 3.8) is 0 Å². The minimum Gasteiger partial charge on any atom is -0.497 e. The molecule has 0 aliphatic rings. The lowest BCUT2D eigenvalue weighted by molar-refractivity contribution is 0.102. The largest absolute Gasteiger partial charge is 0.497 e. The van der Waals surface area contributed by atoms with Gasteiger partial charge < -0.3 is 9.15 Å². The monoisotopic (exact) mass is 331 g/mol. The van der Waals surface area contributed by atoms with E-state index in [-0.39, 0.29) is 17.5 Å². The molecule has 0 saturated carbocycles. The molecule has 122 valence electrons. The van der Waals surface area contributed by atoms with Crippen LogP contribution in [0.5, 0.6) is 5.75 Å². The maximum atomic E-state index is 13.7. The molecule has 0 unspecified atom stereocenters. The third-order valence-electron chi connectivity index (χ3n) is 3.14. The molecule has 0 fully saturated rings. The quantitative estimate of drug-likeness (QED) is 0.794. The molecular weight excluding hydrogens is 320 g/mol. The first-order valence-electron chi connectivity index (χ1n) is 6.81. The lowest BCUT2D eigenvalue weighted by atomic mass is 10.2. The smallest absolute Gasteiger partial charge is 0.322 e. The van der Waals surface area contributed by atoms with Crippen molar-refractivity contribution in [2.24, 2.45) is 0 Å². The molecule has 3 rings (SSSR count). The summed E-state index contributed by atoms with van der Waals surface area (Å²) < 4.78 is 36.8. The molecule has 0 radical (unpaired) electrons. The summed E-state index contributed by atoms with van der Waals surface area (Å²) >= 11 is 0. The number of halogens is 2. The van der Waals surface area contributed by atoms with E-state index in [9.17, 15) is 13.6 Å². The van der Waals surface area contributed by atoms with E-state index in [4.69, 9.17) is 9.15 Å². The standard InChI is InChI=1S/C16H11F2N3O3/c1-23-11-4-2-3-9(7-11)14(22)19-16-21-20-15(24-16)12-6-5-10(17)8-13(12)18/h2-8H,1H3,(H,19,21,22). The number of carbonyl (C=O) groups excluding carboxylic acids is 1. The van der Waals surface area contributed by atoms with Crippen molar-refractivity contribution in [2.75, 3.05) is 12.4 Å². The summed E-state index contributed by atoms with van der Waals surface area (Å²) in [5.41, 5.74) is 0.257. The van der Waals surface area contributed by atoms with Gasteiger partial charge in [-0.15, -0.1) is 5.10 Å². The van der Waals surface area contributed by atoms with E-state index in [2.05, 4.69) is 15.5 Å². The summed E-state index contributed by atoms with van der Waals surface area (Å²) in [5.74, 6) is -1.72. The van der Waals surface area contributed by atoms with Crippen LogP contribution in [0.15, 0.2) is 46.9 Å². The Morgan fingerprint density at radius 3 is 2.75 bits per heavy atom. The van der Waals surface area contributed by atoms with E-state index in [1.54, 1.807) is 18.2 Å². The zero-order chi connectivity index (χ0) is 17.1. The van der Waals surface area contributed by atoms with Gasteiger partial charge in [-0.25, -0.2) is 8.78 Å². The second kappa shape index (κ2) is 6.45. The van der Waals surface area contributed by atoms with Gasteiger partial charge in [-0.1, -0.05) is 11.2 Å². The van der Waals surface area contributed by atoms with Crippen LogP contribution < -0.4 is 10.1 Å². The van der Waals surface area contributed by atoms with Crippen LogP contribution in [0.1, 0.15) is 10.4 Å². The fourth-order valence-corrected chi connectivity index (χ4v) is 1.98. The van der Waals surface area contributed by atoms with Gasteiger partial charge in [0, 0.05) is 11.6 Å². The number of carbonyl (C=O) groups is 1. The van der Waals surface area contributed by atoms with E-state index in [1.165, 1.54) is 19.2 Å². The SMILES string of the molecule is COc1cccc(C(=O)Nc2nnc(-c3ccc(F)cc3F)o2)c1. The molecule has 3 aromatic rings. The molecule has 0 atom stereocenters. The highest BCUT2D eigenvalue weighted by molar-refractivity contribution is 6.03. The molecule has 0 bridgehead atoms. The Bertz CT molecular complexity index is 896. The molecule has 0 aliphatic carbocycles. The Labute approximate surface area is 135 Å². The molecule has 0 aliphatic heterocycles. The first-order valence-corrected chi connectivity index (χ1v) is 6.81. The molecular formula is C16H11F2N3O3. The van der Waals surface area contributed by atoms with Crippen LogP contribution in [-0.2, 0) is 0 Å². The molecule has 0 saturated heterocycles. The third-order valence-corrected chi connectivity index (χ3v) is 3.14. The normalized spacial score (nSPS) is 10.5. The minimum absolute atomic E-state index is 0.0641. The number of rotatable bonds is 4. The van der Waals surface area contributed by atoms with Crippen LogP contribution in [0.4, 0.5) is 14.8 Å². The summed E-state index contributed by atoms with van der Waals surface area (Å²) in [4.78, 5) is 12.1. The second-order valence-electron chi connectivity index (χ2n) is 4.72. The van der Waals surface area contributed by atoms with Crippen molar-refractivity contribution < 1.29 is 22.7 Å². The summed E-state index contributed by atoms with van der Waals surface area (Å²) in [6, 6.07) is 9.19. The third kappa shape index (κ3) is 3.22. The van der Waals surface area contributed by atoms with Gasteiger partial charge >= 0.3 is 6.01 Å². The number of anilines is 1. The summed E-state index contributed by atoms with van der Waals surface area (Å²) in [6.45, 7) is 0. The predicted molar refractivity (Wildman–Crippen MR) is 80.6 cm³/mol. The van der Waals surface area contributed by atoms with Crippen molar-refractivity contribution in [1.82, 2.24) is 10.2 Å². The fourth-order valence-electron chi connectivity index (χ4n) is 1.98. The van der Waals surface area contributed by atoms with Gasteiger partial charge in [-0.2, -0.15) is 0 Å². The maximum absolute atomic E-state index is 13.7. The Balaban J connectivity index is 1.79. The van der Waals surface area contributed by atoms with Crippen molar-refractivity contribution in [2.45, 2.75) is 0 Å². The van der Waals surface area contributed by atoms with E-state index >= 15 is 0 Å². The number of nitrogens with zero attached hydrogens (tertiary/aromatic N) is 2. The Morgan fingerprint density at radius 1 is 1.17 bits per heavy atom. The van der Waals surface area contributed by atoms with Crippen molar-refractivity contribution in [3.05, 3.63) is 59.7 Å². The van der Waals surface area contributed by atoms with E-state index < -0.39 is 17.5 Å². The van der Waals surface area contributed by atoms with Gasteiger partial charge in [0.25, 0.3) is 11.8 Å². The number of amides is 1. The maximum Gasteiger partial charge on any atom is 0.322 e. The number of hydrogen-bond donors (Lipinski definition) is 1. The highest BCUT2D eigenvalue weighted by Crippen LogP contribution is 2.24. The van der Waals surface area contributed by atoms with Gasteiger partial charge in [0.1, 0.15) is 17.4 Å². The van der Waals surface area contributed by atoms with Crippen LogP contribution in [0.3, 0.4) is 0 Å². The zero-order valence-electron chi connectivity index (χ0n) is 12.4. The van der Waals surface area contributed by atoms with Gasteiger partial charge in [-0.3, -0.25) is 10.1 Å². The lowest BCUT2D eigenvalue weighted by Gasteiger charge is -2.03. The van der Waals surface area contributed by atoms with Crippen LogP contribution in [0, 0.1) is 11.6 Å². The molecule has 1 heterocycles. The highest BCUT2D eigenvalue weighted by Gasteiger charge is 2.16. The van der Waals surface area contributed by atoms with Crippen LogP contribution in [0.2, 0.25) is 0 Å². The summed E-state index contributed by atoms with van der Waals surface area (Å²) in [6.07, 6.45) is 0. The van der Waals surface area contributed by atoms with Gasteiger partial charge in [0.05, 0.1) is 12.7 Å². The average molecular weight is 331 g/mol. The number of benzene rings is 2. The fraction of sp³-hybridized carbons (Fsp3) is 0.0625. The zero-order valence-corrected chi connectivity index (χ0v) is 12.4. The van der Waals surface area contributed by atoms with Crippen LogP contribution >= 0.6 is 0 Å². The highest BCUT2D eigenvalue weighted by atomic mass is 19.1. The molecule has 0 spiro atoms. The number of hydrogen-bond acceptors (Lipinski definition) is 5. The first-order chi connectivity index (χ1) is 11.6. The molecule has 6 nitrogen and oxygen atoms in total. The molecule has 1 N–H and O–H groups in total. The van der Waals surface area contributed by atoms with Crippen molar-refractivity contribution in [1.29, 1.82) is 0 Å². The Morgan fingerprint density at radius 2 is 2.00 bits per heavy atom.